The van der Waals surface area contributed by atoms with Gasteiger partial charge in [0, 0.05) is 6.61 Å². The van der Waals surface area contributed by atoms with E-state index in [0.717, 1.165) is 32.3 Å². The molecule has 0 spiro atoms. The van der Waals surface area contributed by atoms with Gasteiger partial charge in [0.05, 0.1) is 12.2 Å². The summed E-state index contributed by atoms with van der Waals surface area (Å²) in [7, 11) is 0. The topological polar surface area (TPSA) is 29.5 Å². The summed E-state index contributed by atoms with van der Waals surface area (Å²) in [5.41, 5.74) is 3.37. The Morgan fingerprint density at radius 1 is 0.750 bits per heavy atom. The molecule has 0 aromatic heterocycles. The molecule has 2 nitrogen and oxygen atoms in total. The largest absolute Gasteiger partial charge is 0.393 e. The van der Waals surface area contributed by atoms with E-state index in [9.17, 15) is 5.11 Å². The lowest BCUT2D eigenvalue weighted by Gasteiger charge is -2.29. The minimum atomic E-state index is -0.0410. The van der Waals surface area contributed by atoms with Gasteiger partial charge in [-0.05, 0) is 57.8 Å². The van der Waals surface area contributed by atoms with Crippen molar-refractivity contribution in [2.75, 3.05) is 6.61 Å². The van der Waals surface area contributed by atoms with Crippen molar-refractivity contribution in [2.24, 2.45) is 0 Å². The highest BCUT2D eigenvalue weighted by Crippen LogP contribution is 2.34. The van der Waals surface area contributed by atoms with Gasteiger partial charge >= 0.3 is 0 Å². The third kappa shape index (κ3) is 7.70. The Bertz CT molecular complexity index is 341. The first-order chi connectivity index (χ1) is 11.8. The lowest BCUT2D eigenvalue weighted by Crippen LogP contribution is -2.20. The molecule has 0 saturated heterocycles. The van der Waals surface area contributed by atoms with Gasteiger partial charge in [-0.3, -0.25) is 0 Å². The second-order valence-electron chi connectivity index (χ2n) is 7.98. The van der Waals surface area contributed by atoms with Crippen LogP contribution in [0.15, 0.2) is 11.1 Å². The van der Waals surface area contributed by atoms with E-state index in [0.29, 0.717) is 6.10 Å². The molecule has 0 amide bonds. The second-order valence-corrected chi connectivity index (χ2v) is 7.98. The lowest BCUT2D eigenvalue weighted by atomic mass is 9.82. The van der Waals surface area contributed by atoms with Crippen LogP contribution in [-0.4, -0.2) is 23.9 Å². The van der Waals surface area contributed by atoms with Gasteiger partial charge in [0.1, 0.15) is 0 Å². The van der Waals surface area contributed by atoms with Crippen LogP contribution in [0.25, 0.3) is 0 Å². The highest BCUT2D eigenvalue weighted by atomic mass is 16.5. The van der Waals surface area contributed by atoms with E-state index < -0.39 is 0 Å². The van der Waals surface area contributed by atoms with Crippen LogP contribution in [0.3, 0.4) is 0 Å². The van der Waals surface area contributed by atoms with Crippen LogP contribution < -0.4 is 0 Å². The summed E-state index contributed by atoms with van der Waals surface area (Å²) in [4.78, 5) is 0. The normalized spacial score (nSPS) is 25.2. The van der Waals surface area contributed by atoms with E-state index >= 15 is 0 Å². The first kappa shape index (κ1) is 20.0. The Hall–Kier alpha value is -0.340. The number of aliphatic hydroxyl groups is 1. The molecule has 2 heteroatoms. The molecule has 2 rings (SSSR count). The third-order valence-corrected chi connectivity index (χ3v) is 5.95. The van der Waals surface area contributed by atoms with Crippen molar-refractivity contribution < 1.29 is 9.84 Å². The van der Waals surface area contributed by atoms with E-state index in [-0.39, 0.29) is 6.10 Å². The summed E-state index contributed by atoms with van der Waals surface area (Å²) in [6.07, 6.45) is 20.6. The molecule has 0 heterocycles. The fourth-order valence-corrected chi connectivity index (χ4v) is 4.25. The van der Waals surface area contributed by atoms with Crippen LogP contribution in [0.1, 0.15) is 110 Å². The Balaban J connectivity index is 1.47. The van der Waals surface area contributed by atoms with Gasteiger partial charge in [-0.1, -0.05) is 63.0 Å². The van der Waals surface area contributed by atoms with Gasteiger partial charge < -0.3 is 9.84 Å². The Morgan fingerprint density at radius 3 is 1.83 bits per heavy atom. The molecule has 0 aromatic carbocycles. The van der Waals surface area contributed by atoms with Gasteiger partial charge in [0.2, 0.25) is 0 Å². The van der Waals surface area contributed by atoms with Crippen LogP contribution >= 0.6 is 0 Å². The van der Waals surface area contributed by atoms with E-state index in [2.05, 4.69) is 6.92 Å². The zero-order valence-electron chi connectivity index (χ0n) is 16.0. The zero-order valence-corrected chi connectivity index (χ0v) is 16.0. The molecule has 0 bridgehead atoms. The smallest absolute Gasteiger partial charge is 0.0581 e. The minimum absolute atomic E-state index is 0.0410. The maximum absolute atomic E-state index is 9.64. The van der Waals surface area contributed by atoms with Gasteiger partial charge in [-0.2, -0.15) is 0 Å². The Kier molecular flexibility index (Phi) is 10.1. The molecular formula is C22H40O2. The molecule has 0 aliphatic heterocycles. The van der Waals surface area contributed by atoms with Gasteiger partial charge in [-0.25, -0.2) is 0 Å². The zero-order chi connectivity index (χ0) is 17.0. The monoisotopic (exact) mass is 336 g/mol. The summed E-state index contributed by atoms with van der Waals surface area (Å²) in [6.45, 7) is 3.25. The van der Waals surface area contributed by atoms with Gasteiger partial charge in [-0.15, -0.1) is 0 Å². The van der Waals surface area contributed by atoms with Crippen LogP contribution in [0.5, 0.6) is 0 Å². The fourth-order valence-electron chi connectivity index (χ4n) is 4.25. The number of hydrogen-bond donors (Lipinski definition) is 1. The van der Waals surface area contributed by atoms with Crippen molar-refractivity contribution in [1.82, 2.24) is 0 Å². The molecule has 0 unspecified atom stereocenters. The number of ether oxygens (including phenoxy) is 1. The SMILES string of the molecule is CCCCCCCCCCOC1CCC(=C2CCC(O)CC2)CC1. The molecule has 0 radical (unpaired) electrons. The van der Waals surface area contributed by atoms with Crippen LogP contribution in [0.4, 0.5) is 0 Å². The summed E-state index contributed by atoms with van der Waals surface area (Å²) in [5.74, 6) is 0. The number of hydrogen-bond acceptors (Lipinski definition) is 2. The van der Waals surface area contributed by atoms with Crippen LogP contribution in [0.2, 0.25) is 0 Å². The van der Waals surface area contributed by atoms with Crippen molar-refractivity contribution in [3.63, 3.8) is 0 Å². The average molecular weight is 337 g/mol. The number of allylic oxidation sites excluding steroid dienone is 2. The summed E-state index contributed by atoms with van der Waals surface area (Å²) in [6, 6.07) is 0. The van der Waals surface area contributed by atoms with E-state index in [1.54, 1.807) is 11.1 Å². The highest BCUT2D eigenvalue weighted by Gasteiger charge is 2.22. The first-order valence-electron chi connectivity index (χ1n) is 10.8. The molecule has 2 aliphatic carbocycles. The van der Waals surface area contributed by atoms with Crippen LogP contribution in [-0.2, 0) is 4.74 Å². The van der Waals surface area contributed by atoms with Gasteiger partial charge in [0.25, 0.3) is 0 Å². The molecule has 24 heavy (non-hydrogen) atoms. The molecule has 140 valence electrons. The predicted octanol–water partition coefficient (Wildman–Crippen LogP) is 6.32. The highest BCUT2D eigenvalue weighted by molar-refractivity contribution is 5.18. The Morgan fingerprint density at radius 2 is 1.25 bits per heavy atom. The minimum Gasteiger partial charge on any atom is -0.393 e. The standard InChI is InChI=1S/C22H40O2/c1-2-3-4-5-6-7-8-9-18-24-22-16-12-20(13-17-22)19-10-14-21(23)15-11-19/h21-23H,2-18H2,1H3. The molecule has 2 fully saturated rings. The molecule has 0 atom stereocenters. The number of unbranched alkanes of at least 4 members (excludes halogenated alkanes) is 7. The molecule has 1 N–H and O–H groups in total. The molecular weight excluding hydrogens is 296 g/mol. The van der Waals surface area contributed by atoms with E-state index in [1.807, 2.05) is 0 Å². The molecule has 2 aliphatic rings. The van der Waals surface area contributed by atoms with Crippen LogP contribution in [0, 0.1) is 0 Å². The molecule has 2 saturated carbocycles. The first-order valence-corrected chi connectivity index (χ1v) is 10.8. The number of aliphatic hydroxyl groups excluding tert-OH is 1. The molecule has 0 aromatic rings. The summed E-state index contributed by atoms with van der Waals surface area (Å²) >= 11 is 0. The maximum atomic E-state index is 9.64. The third-order valence-electron chi connectivity index (χ3n) is 5.95. The summed E-state index contributed by atoms with van der Waals surface area (Å²) in [5, 5.41) is 9.64. The average Bonchev–Trinajstić information content (AvgIpc) is 2.62. The number of rotatable bonds is 10. The quantitative estimate of drug-likeness (QED) is 0.374. The Labute approximate surface area is 150 Å². The fraction of sp³-hybridized carbons (Fsp3) is 0.909. The lowest BCUT2D eigenvalue weighted by molar-refractivity contribution is 0.0328. The second kappa shape index (κ2) is 12.1. The van der Waals surface area contributed by atoms with E-state index in [4.69, 9.17) is 4.74 Å². The van der Waals surface area contributed by atoms with Gasteiger partial charge in [0.15, 0.2) is 0 Å². The van der Waals surface area contributed by atoms with Crippen molar-refractivity contribution in [3.05, 3.63) is 11.1 Å². The summed E-state index contributed by atoms with van der Waals surface area (Å²) < 4.78 is 6.12. The van der Waals surface area contributed by atoms with Crippen molar-refractivity contribution >= 4 is 0 Å². The van der Waals surface area contributed by atoms with Crippen molar-refractivity contribution in [1.29, 1.82) is 0 Å². The predicted molar refractivity (Wildman–Crippen MR) is 102 cm³/mol. The maximum Gasteiger partial charge on any atom is 0.0581 e. The van der Waals surface area contributed by atoms with E-state index in [1.165, 1.54) is 77.0 Å². The van der Waals surface area contributed by atoms with Crippen molar-refractivity contribution in [2.45, 2.75) is 122 Å². The van der Waals surface area contributed by atoms with Crippen molar-refractivity contribution in [3.8, 4) is 0 Å².